The quantitative estimate of drug-likeness (QED) is 0.797. The molecule has 0 aromatic carbocycles. The lowest BCUT2D eigenvalue weighted by Crippen LogP contribution is -2.07. The van der Waals surface area contributed by atoms with Crippen LogP contribution >= 0.6 is 11.3 Å². The summed E-state index contributed by atoms with van der Waals surface area (Å²) in [5.74, 6) is -0.0818. The lowest BCUT2D eigenvalue weighted by Gasteiger charge is -2.10. The van der Waals surface area contributed by atoms with Gasteiger partial charge in [-0.1, -0.05) is 18.3 Å². The monoisotopic (exact) mass is 242 g/mol. The molecule has 88 valence electrons. The topological polar surface area (TPSA) is 74.4 Å². The van der Waals surface area contributed by atoms with Gasteiger partial charge in [-0.2, -0.15) is 0 Å². The van der Waals surface area contributed by atoms with Crippen molar-refractivity contribution in [2.24, 2.45) is 5.92 Å². The summed E-state index contributed by atoms with van der Waals surface area (Å²) in [6, 6.07) is 0. The number of carbonyl (C=O) groups is 1. The number of carbonyl (C=O) groups excluding carboxylic acids is 1. The van der Waals surface area contributed by atoms with E-state index in [2.05, 4.69) is 16.6 Å². The van der Waals surface area contributed by atoms with Gasteiger partial charge in [-0.05, 0) is 12.3 Å². The summed E-state index contributed by atoms with van der Waals surface area (Å²) in [6.45, 7) is 2.84. The number of hydrogen-bond donors (Lipinski definition) is 1. The van der Waals surface area contributed by atoms with Gasteiger partial charge in [0, 0.05) is 6.61 Å². The highest BCUT2D eigenvalue weighted by atomic mass is 32.1. The number of nitrogen functional groups attached to an aromatic ring is 1. The van der Waals surface area contributed by atoms with E-state index >= 15 is 0 Å². The second kappa shape index (κ2) is 4.39. The maximum absolute atomic E-state index is 11.3. The van der Waals surface area contributed by atoms with E-state index in [-0.39, 0.29) is 11.8 Å². The van der Waals surface area contributed by atoms with Crippen molar-refractivity contribution >= 4 is 22.3 Å². The molecule has 2 heterocycles. The molecule has 2 rings (SSSR count). The zero-order chi connectivity index (χ0) is 11.7. The molecule has 1 saturated heterocycles. The van der Waals surface area contributed by atoms with Crippen LogP contribution in [0.3, 0.4) is 0 Å². The minimum Gasteiger partial charge on any atom is -0.464 e. The Morgan fingerprint density at radius 3 is 3.00 bits per heavy atom. The van der Waals surface area contributed by atoms with Gasteiger partial charge in [0.05, 0.1) is 7.11 Å². The highest BCUT2D eigenvalue weighted by Crippen LogP contribution is 2.38. The maximum atomic E-state index is 11.3. The molecule has 0 spiro atoms. The van der Waals surface area contributed by atoms with Gasteiger partial charge in [-0.25, -0.2) is 9.78 Å². The van der Waals surface area contributed by atoms with Crippen molar-refractivity contribution in [1.82, 2.24) is 4.98 Å². The molecular weight excluding hydrogens is 228 g/mol. The van der Waals surface area contributed by atoms with Crippen molar-refractivity contribution in [1.29, 1.82) is 0 Å². The number of nitrogens with two attached hydrogens (primary N) is 1. The van der Waals surface area contributed by atoms with E-state index in [1.54, 1.807) is 0 Å². The van der Waals surface area contributed by atoms with E-state index in [4.69, 9.17) is 10.5 Å². The summed E-state index contributed by atoms with van der Waals surface area (Å²) in [5.41, 5.74) is 5.93. The number of thiazole rings is 1. The van der Waals surface area contributed by atoms with Crippen molar-refractivity contribution < 1.29 is 14.3 Å². The fraction of sp³-hybridized carbons (Fsp3) is 0.600. The minimum atomic E-state index is -0.495. The molecule has 1 fully saturated rings. The molecule has 2 unspecified atom stereocenters. The van der Waals surface area contributed by atoms with E-state index in [9.17, 15) is 4.79 Å². The predicted molar refractivity (Wildman–Crippen MR) is 60.3 cm³/mol. The molecule has 0 saturated carbocycles. The smallest absolute Gasteiger partial charge is 0.359 e. The number of methoxy groups -OCH3 is 1. The Morgan fingerprint density at radius 1 is 1.69 bits per heavy atom. The molecule has 0 radical (unpaired) electrons. The van der Waals surface area contributed by atoms with E-state index in [1.165, 1.54) is 18.4 Å². The molecule has 1 aliphatic rings. The van der Waals surface area contributed by atoms with Crippen LogP contribution in [0.2, 0.25) is 0 Å². The Hall–Kier alpha value is -1.14. The molecule has 2 N–H and O–H groups in total. The predicted octanol–water partition coefficient (Wildman–Crippen LogP) is 1.61. The average molecular weight is 242 g/mol. The van der Waals surface area contributed by atoms with Gasteiger partial charge in [0.1, 0.15) is 16.1 Å². The fourth-order valence-corrected chi connectivity index (χ4v) is 2.73. The summed E-state index contributed by atoms with van der Waals surface area (Å²) in [5, 5.41) is 1.16. The van der Waals surface area contributed by atoms with Crippen LogP contribution in [0, 0.1) is 5.92 Å². The second-order valence-electron chi connectivity index (χ2n) is 3.81. The van der Waals surface area contributed by atoms with Crippen LogP contribution in [0.25, 0.3) is 0 Å². The van der Waals surface area contributed by atoms with Crippen LogP contribution in [-0.4, -0.2) is 24.7 Å². The van der Waals surface area contributed by atoms with Crippen LogP contribution in [0.4, 0.5) is 5.00 Å². The van der Waals surface area contributed by atoms with Crippen molar-refractivity contribution in [2.45, 2.75) is 19.4 Å². The average Bonchev–Trinajstić information content (AvgIpc) is 2.83. The zero-order valence-electron chi connectivity index (χ0n) is 9.23. The first kappa shape index (κ1) is 11.3. The zero-order valence-corrected chi connectivity index (χ0v) is 10.0. The Morgan fingerprint density at radius 2 is 2.44 bits per heavy atom. The van der Waals surface area contributed by atoms with Crippen LogP contribution < -0.4 is 5.73 Å². The first-order valence-electron chi connectivity index (χ1n) is 5.09. The lowest BCUT2D eigenvalue weighted by atomic mass is 10.1. The molecule has 0 aliphatic carbocycles. The van der Waals surface area contributed by atoms with Crippen LogP contribution in [-0.2, 0) is 9.47 Å². The summed E-state index contributed by atoms with van der Waals surface area (Å²) < 4.78 is 10.2. The number of aromatic nitrogens is 1. The minimum absolute atomic E-state index is 0.0364. The maximum Gasteiger partial charge on any atom is 0.359 e. The van der Waals surface area contributed by atoms with Gasteiger partial charge < -0.3 is 15.2 Å². The molecular formula is C10H14N2O3S. The van der Waals surface area contributed by atoms with Gasteiger partial charge >= 0.3 is 5.97 Å². The van der Waals surface area contributed by atoms with Gasteiger partial charge in [-0.3, -0.25) is 0 Å². The Balaban J connectivity index is 2.26. The summed E-state index contributed by atoms with van der Waals surface area (Å²) in [7, 11) is 1.31. The van der Waals surface area contributed by atoms with Crippen LogP contribution in [0.15, 0.2) is 0 Å². The standard InChI is InChI=1S/C10H14N2O3S/c1-5-3-4-15-7(5)9-12-6(8(11)16-9)10(13)14-2/h5,7H,3-4,11H2,1-2H3. The Kier molecular flexibility index (Phi) is 3.11. The molecule has 6 heteroatoms. The number of rotatable bonds is 2. The van der Waals surface area contributed by atoms with Gasteiger partial charge in [0.2, 0.25) is 0 Å². The lowest BCUT2D eigenvalue weighted by molar-refractivity contribution is 0.0593. The van der Waals surface area contributed by atoms with Crippen molar-refractivity contribution in [3.05, 3.63) is 10.7 Å². The van der Waals surface area contributed by atoms with Crippen LogP contribution in [0.1, 0.15) is 34.9 Å². The Bertz CT molecular complexity index is 405. The number of anilines is 1. The fourth-order valence-electron chi connectivity index (χ4n) is 1.72. The summed E-state index contributed by atoms with van der Waals surface area (Å²) in [4.78, 5) is 15.6. The number of nitrogens with zero attached hydrogens (tertiary/aromatic N) is 1. The first-order chi connectivity index (χ1) is 7.63. The normalized spacial score (nSPS) is 24.6. The molecule has 1 aromatic rings. The third-order valence-electron chi connectivity index (χ3n) is 2.68. The summed E-state index contributed by atoms with van der Waals surface area (Å²) in [6.07, 6.45) is 0.975. The number of ether oxygens (including phenoxy) is 2. The summed E-state index contributed by atoms with van der Waals surface area (Å²) >= 11 is 1.30. The number of esters is 1. The third-order valence-corrected chi connectivity index (χ3v) is 3.63. The SMILES string of the molecule is COC(=O)c1nc(C2OCCC2C)sc1N. The molecule has 1 aromatic heterocycles. The van der Waals surface area contributed by atoms with Crippen molar-refractivity contribution in [3.8, 4) is 0 Å². The van der Waals surface area contributed by atoms with Gasteiger partial charge in [0.25, 0.3) is 0 Å². The molecule has 2 atom stereocenters. The highest BCUT2D eigenvalue weighted by molar-refractivity contribution is 7.16. The van der Waals surface area contributed by atoms with E-state index < -0.39 is 5.97 Å². The van der Waals surface area contributed by atoms with E-state index in [0.717, 1.165) is 18.0 Å². The van der Waals surface area contributed by atoms with Crippen molar-refractivity contribution in [2.75, 3.05) is 19.5 Å². The Labute approximate surface area is 97.6 Å². The van der Waals surface area contributed by atoms with Gasteiger partial charge in [-0.15, -0.1) is 0 Å². The third kappa shape index (κ3) is 1.90. The molecule has 0 amide bonds. The van der Waals surface area contributed by atoms with E-state index in [0.29, 0.717) is 10.9 Å². The molecule has 16 heavy (non-hydrogen) atoms. The largest absolute Gasteiger partial charge is 0.464 e. The molecule has 1 aliphatic heterocycles. The van der Waals surface area contributed by atoms with Gasteiger partial charge in [0.15, 0.2) is 5.69 Å². The first-order valence-corrected chi connectivity index (χ1v) is 5.91. The highest BCUT2D eigenvalue weighted by Gasteiger charge is 2.30. The second-order valence-corrected chi connectivity index (χ2v) is 4.88. The number of hydrogen-bond acceptors (Lipinski definition) is 6. The van der Waals surface area contributed by atoms with Crippen molar-refractivity contribution in [3.63, 3.8) is 0 Å². The van der Waals surface area contributed by atoms with Crippen LogP contribution in [0.5, 0.6) is 0 Å². The molecule has 5 nitrogen and oxygen atoms in total. The molecule has 0 bridgehead atoms. The van der Waals surface area contributed by atoms with E-state index in [1.807, 2.05) is 0 Å².